The molecule has 1 aliphatic heterocycles. The van der Waals surface area contributed by atoms with Crippen molar-refractivity contribution in [2.45, 2.75) is 13.3 Å². The molecule has 0 spiro atoms. The van der Waals surface area contributed by atoms with Crippen LogP contribution in [0.5, 0.6) is 0 Å². The Balaban J connectivity index is 1.56. The first-order valence-electron chi connectivity index (χ1n) is 9.46. The highest BCUT2D eigenvalue weighted by atomic mass is 19.1. The van der Waals surface area contributed by atoms with Crippen LogP contribution < -0.4 is 15.4 Å². The average molecular weight is 397 g/mol. The molecule has 1 aromatic carbocycles. The second kappa shape index (κ2) is 7.98. The number of benzene rings is 1. The Bertz CT molecular complexity index is 1040. The summed E-state index contributed by atoms with van der Waals surface area (Å²) < 4.78 is 28.1. The van der Waals surface area contributed by atoms with E-state index in [2.05, 4.69) is 19.9 Å². The molecule has 3 heterocycles. The van der Waals surface area contributed by atoms with Crippen molar-refractivity contribution < 1.29 is 8.78 Å². The summed E-state index contributed by atoms with van der Waals surface area (Å²) in [4.78, 5) is 28.3. The highest BCUT2D eigenvalue weighted by Crippen LogP contribution is 2.20. The van der Waals surface area contributed by atoms with Crippen LogP contribution in [-0.2, 0) is 6.42 Å². The number of pyridine rings is 1. The molecule has 0 atom stereocenters. The molecule has 0 aliphatic carbocycles. The Kier molecular flexibility index (Phi) is 5.24. The van der Waals surface area contributed by atoms with E-state index in [1.165, 1.54) is 18.2 Å². The summed E-state index contributed by atoms with van der Waals surface area (Å²) in [5.41, 5.74) is 0.358. The van der Waals surface area contributed by atoms with E-state index in [0.717, 1.165) is 18.9 Å². The maximum Gasteiger partial charge on any atom is 0.255 e. The summed E-state index contributed by atoms with van der Waals surface area (Å²) in [5.74, 6) is 0.0512. The zero-order chi connectivity index (χ0) is 20.4. The van der Waals surface area contributed by atoms with E-state index < -0.39 is 11.6 Å². The fourth-order valence-electron chi connectivity index (χ4n) is 3.44. The van der Waals surface area contributed by atoms with Crippen molar-refractivity contribution in [1.82, 2.24) is 15.0 Å². The van der Waals surface area contributed by atoms with Gasteiger partial charge in [0.25, 0.3) is 5.56 Å². The molecule has 0 bridgehead atoms. The lowest BCUT2D eigenvalue weighted by atomic mass is 10.1. The molecule has 1 N–H and O–H groups in total. The highest BCUT2D eigenvalue weighted by molar-refractivity contribution is 5.43. The van der Waals surface area contributed by atoms with Gasteiger partial charge in [0.2, 0.25) is 5.95 Å². The van der Waals surface area contributed by atoms with Crippen LogP contribution in [0.25, 0.3) is 0 Å². The van der Waals surface area contributed by atoms with Crippen molar-refractivity contribution in [2.24, 2.45) is 0 Å². The van der Waals surface area contributed by atoms with Gasteiger partial charge in [0.05, 0.1) is 5.69 Å². The molecular weight excluding hydrogens is 376 g/mol. The molecular formula is C21H21F2N5O. The summed E-state index contributed by atoms with van der Waals surface area (Å²) in [6.07, 6.45) is 1.68. The van der Waals surface area contributed by atoms with Crippen molar-refractivity contribution in [3.8, 4) is 0 Å². The van der Waals surface area contributed by atoms with Crippen molar-refractivity contribution in [2.75, 3.05) is 36.0 Å². The SMILES string of the molecule is Cc1c(Cc2c(F)cccc2F)nc(N2CCN(c3ccccn3)CC2)[nH]c1=O. The van der Waals surface area contributed by atoms with E-state index in [4.69, 9.17) is 0 Å². The highest BCUT2D eigenvalue weighted by Gasteiger charge is 2.21. The maximum atomic E-state index is 14.1. The number of piperazine rings is 1. The molecule has 0 amide bonds. The molecule has 2 aromatic heterocycles. The van der Waals surface area contributed by atoms with Crippen LogP contribution in [-0.4, -0.2) is 41.1 Å². The number of H-pyrrole nitrogens is 1. The monoisotopic (exact) mass is 397 g/mol. The second-order valence-corrected chi connectivity index (χ2v) is 7.00. The predicted octanol–water partition coefficient (Wildman–Crippen LogP) is 2.67. The van der Waals surface area contributed by atoms with Gasteiger partial charge >= 0.3 is 0 Å². The first-order valence-corrected chi connectivity index (χ1v) is 9.46. The minimum absolute atomic E-state index is 0.0742. The maximum absolute atomic E-state index is 14.1. The molecule has 0 radical (unpaired) electrons. The molecule has 0 unspecified atom stereocenters. The number of halogens is 2. The summed E-state index contributed by atoms with van der Waals surface area (Å²) in [6, 6.07) is 9.52. The normalized spacial score (nSPS) is 14.3. The molecule has 0 saturated carbocycles. The Hall–Kier alpha value is -3.29. The number of anilines is 2. The van der Waals surface area contributed by atoms with Gasteiger partial charge in [-0.05, 0) is 31.2 Å². The van der Waals surface area contributed by atoms with Gasteiger partial charge in [0.15, 0.2) is 0 Å². The van der Waals surface area contributed by atoms with Crippen LogP contribution >= 0.6 is 0 Å². The van der Waals surface area contributed by atoms with Gasteiger partial charge in [-0.25, -0.2) is 18.7 Å². The van der Waals surface area contributed by atoms with Gasteiger partial charge in [0.1, 0.15) is 17.5 Å². The van der Waals surface area contributed by atoms with Crippen molar-refractivity contribution >= 4 is 11.8 Å². The van der Waals surface area contributed by atoms with Gasteiger partial charge in [-0.1, -0.05) is 12.1 Å². The fourth-order valence-corrected chi connectivity index (χ4v) is 3.44. The largest absolute Gasteiger partial charge is 0.353 e. The van der Waals surface area contributed by atoms with Crippen LogP contribution in [0.3, 0.4) is 0 Å². The smallest absolute Gasteiger partial charge is 0.255 e. The Morgan fingerprint density at radius 3 is 2.34 bits per heavy atom. The van der Waals surface area contributed by atoms with Crippen LogP contribution in [0.2, 0.25) is 0 Å². The number of rotatable bonds is 4. The third kappa shape index (κ3) is 3.96. The van der Waals surface area contributed by atoms with Gasteiger partial charge in [0, 0.05) is 49.9 Å². The number of aromatic nitrogens is 3. The zero-order valence-electron chi connectivity index (χ0n) is 16.0. The van der Waals surface area contributed by atoms with E-state index in [1.807, 2.05) is 23.1 Å². The van der Waals surface area contributed by atoms with E-state index >= 15 is 0 Å². The van der Waals surface area contributed by atoms with Gasteiger partial charge in [-0.3, -0.25) is 9.78 Å². The lowest BCUT2D eigenvalue weighted by molar-refractivity contribution is 0.559. The summed E-state index contributed by atoms with van der Waals surface area (Å²) in [7, 11) is 0. The zero-order valence-corrected chi connectivity index (χ0v) is 16.0. The van der Waals surface area contributed by atoms with Crippen LogP contribution in [0.4, 0.5) is 20.5 Å². The molecule has 150 valence electrons. The Morgan fingerprint density at radius 2 is 1.69 bits per heavy atom. The molecule has 3 aromatic rings. The van der Waals surface area contributed by atoms with E-state index in [-0.39, 0.29) is 17.5 Å². The van der Waals surface area contributed by atoms with Crippen molar-refractivity contribution in [1.29, 1.82) is 0 Å². The second-order valence-electron chi connectivity index (χ2n) is 7.00. The molecule has 6 nitrogen and oxygen atoms in total. The first kappa shape index (κ1) is 19.0. The Labute approximate surface area is 166 Å². The Morgan fingerprint density at radius 1 is 1.00 bits per heavy atom. The minimum atomic E-state index is -0.642. The number of nitrogens with one attached hydrogen (secondary N) is 1. The third-order valence-corrected chi connectivity index (χ3v) is 5.20. The van der Waals surface area contributed by atoms with Crippen molar-refractivity contribution in [3.63, 3.8) is 0 Å². The lowest BCUT2D eigenvalue weighted by Crippen LogP contribution is -2.48. The van der Waals surface area contributed by atoms with Crippen LogP contribution in [0.1, 0.15) is 16.8 Å². The van der Waals surface area contributed by atoms with Gasteiger partial charge in [-0.2, -0.15) is 0 Å². The van der Waals surface area contributed by atoms with Gasteiger partial charge < -0.3 is 9.80 Å². The molecule has 29 heavy (non-hydrogen) atoms. The standard InChI is InChI=1S/C21H21F2N5O/c1-14-18(13-15-16(22)5-4-6-17(15)23)25-21(26-20(14)29)28-11-9-27(10-12-28)19-7-2-3-8-24-19/h2-8H,9-13H2,1H3,(H,25,26,29). The molecule has 1 aliphatic rings. The average Bonchev–Trinajstić information content (AvgIpc) is 2.74. The van der Waals surface area contributed by atoms with Crippen LogP contribution in [0, 0.1) is 18.6 Å². The van der Waals surface area contributed by atoms with Gasteiger partial charge in [-0.15, -0.1) is 0 Å². The van der Waals surface area contributed by atoms with E-state index in [0.29, 0.717) is 30.3 Å². The third-order valence-electron chi connectivity index (χ3n) is 5.20. The lowest BCUT2D eigenvalue weighted by Gasteiger charge is -2.35. The topological polar surface area (TPSA) is 65.1 Å². The van der Waals surface area contributed by atoms with Crippen molar-refractivity contribution in [3.05, 3.63) is 81.4 Å². The number of aromatic amines is 1. The van der Waals surface area contributed by atoms with E-state index in [1.54, 1.807) is 13.1 Å². The summed E-state index contributed by atoms with van der Waals surface area (Å²) in [6.45, 7) is 4.37. The molecule has 1 fully saturated rings. The summed E-state index contributed by atoms with van der Waals surface area (Å²) >= 11 is 0. The minimum Gasteiger partial charge on any atom is -0.353 e. The number of nitrogens with zero attached hydrogens (tertiary/aromatic N) is 4. The molecule has 4 rings (SSSR count). The fraction of sp³-hybridized carbons (Fsp3) is 0.286. The number of hydrogen-bond donors (Lipinski definition) is 1. The number of hydrogen-bond acceptors (Lipinski definition) is 5. The first-order chi connectivity index (χ1) is 14.0. The summed E-state index contributed by atoms with van der Waals surface area (Å²) in [5, 5.41) is 0. The quantitative estimate of drug-likeness (QED) is 0.733. The van der Waals surface area contributed by atoms with Crippen LogP contribution in [0.15, 0.2) is 47.4 Å². The van der Waals surface area contributed by atoms with E-state index in [9.17, 15) is 13.6 Å². The molecule has 8 heteroatoms. The predicted molar refractivity (Wildman–Crippen MR) is 107 cm³/mol. The molecule has 1 saturated heterocycles.